The Kier molecular flexibility index (Phi) is 2.56. The lowest BCUT2D eigenvalue weighted by molar-refractivity contribution is 0.447. The first-order valence-corrected chi connectivity index (χ1v) is 6.65. The number of hydrogen-bond acceptors (Lipinski definition) is 6. The molecule has 0 aliphatic heterocycles. The van der Waals surface area contributed by atoms with Crippen molar-refractivity contribution < 1.29 is 4.52 Å². The average molecular weight is 280 g/mol. The van der Waals surface area contributed by atoms with Crippen molar-refractivity contribution in [2.75, 3.05) is 5.32 Å². The average Bonchev–Trinajstić information content (AvgIpc) is 3.11. The van der Waals surface area contributed by atoms with E-state index in [1.165, 1.54) is 0 Å². The third-order valence-electron chi connectivity index (χ3n) is 3.34. The molecule has 21 heavy (non-hydrogen) atoms. The van der Waals surface area contributed by atoms with Crippen molar-refractivity contribution in [1.82, 2.24) is 25.3 Å². The second-order valence-corrected chi connectivity index (χ2v) is 4.64. The number of aromatic amines is 1. The van der Waals surface area contributed by atoms with Crippen LogP contribution in [0.2, 0.25) is 0 Å². The first-order chi connectivity index (χ1) is 10.3. The second kappa shape index (κ2) is 4.55. The summed E-state index contributed by atoms with van der Waals surface area (Å²) in [5.41, 5.74) is 3.93. The molecule has 2 N–H and O–H groups in total. The Hall–Kier alpha value is -2.96. The smallest absolute Gasteiger partial charge is 0.180 e. The van der Waals surface area contributed by atoms with Crippen LogP contribution < -0.4 is 5.32 Å². The standard InChI is InChI=1S/C14H12N6O/c1-2-10-9-4-3-8(7-11(9)21-20-10)17-14-12-13(18-19-14)16-6-5-15-12/h3-7H,2H2,1H3,(H2,16,17,18,19). The van der Waals surface area contributed by atoms with Gasteiger partial charge in [0.25, 0.3) is 0 Å². The molecule has 0 radical (unpaired) electrons. The predicted octanol–water partition coefficient (Wildman–Crippen LogP) is 2.80. The molecule has 4 aromatic rings. The van der Waals surface area contributed by atoms with Gasteiger partial charge in [-0.3, -0.25) is 5.10 Å². The van der Waals surface area contributed by atoms with Crippen LogP contribution in [0.5, 0.6) is 0 Å². The van der Waals surface area contributed by atoms with Gasteiger partial charge < -0.3 is 9.84 Å². The van der Waals surface area contributed by atoms with Crippen molar-refractivity contribution in [3.63, 3.8) is 0 Å². The minimum Gasteiger partial charge on any atom is -0.356 e. The molecule has 1 aromatic carbocycles. The molecule has 0 saturated heterocycles. The van der Waals surface area contributed by atoms with E-state index in [0.29, 0.717) is 17.0 Å². The molecular formula is C14H12N6O. The van der Waals surface area contributed by atoms with Gasteiger partial charge in [-0.05, 0) is 18.6 Å². The van der Waals surface area contributed by atoms with E-state index < -0.39 is 0 Å². The lowest BCUT2D eigenvalue weighted by Crippen LogP contribution is -1.92. The highest BCUT2D eigenvalue weighted by Gasteiger charge is 2.10. The maximum atomic E-state index is 5.34. The van der Waals surface area contributed by atoms with Gasteiger partial charge in [0.2, 0.25) is 0 Å². The number of benzene rings is 1. The maximum absolute atomic E-state index is 5.34. The molecular weight excluding hydrogens is 268 g/mol. The molecule has 0 bridgehead atoms. The summed E-state index contributed by atoms with van der Waals surface area (Å²) in [5, 5.41) is 15.3. The Morgan fingerprint density at radius 2 is 2.14 bits per heavy atom. The van der Waals surface area contributed by atoms with Gasteiger partial charge in [0.1, 0.15) is 0 Å². The topological polar surface area (TPSA) is 92.5 Å². The Morgan fingerprint density at radius 3 is 3.05 bits per heavy atom. The quantitative estimate of drug-likeness (QED) is 0.599. The lowest BCUT2D eigenvalue weighted by atomic mass is 10.1. The van der Waals surface area contributed by atoms with E-state index in [2.05, 4.69) is 37.6 Å². The molecule has 0 atom stereocenters. The fraction of sp³-hybridized carbons (Fsp3) is 0.143. The van der Waals surface area contributed by atoms with Crippen molar-refractivity contribution in [3.05, 3.63) is 36.3 Å². The summed E-state index contributed by atoms with van der Waals surface area (Å²) in [6, 6.07) is 5.86. The molecule has 0 amide bonds. The van der Waals surface area contributed by atoms with E-state index in [1.807, 2.05) is 18.2 Å². The van der Waals surface area contributed by atoms with Crippen molar-refractivity contribution in [2.45, 2.75) is 13.3 Å². The number of rotatable bonds is 3. The van der Waals surface area contributed by atoms with Crippen molar-refractivity contribution in [3.8, 4) is 0 Å². The normalized spacial score (nSPS) is 11.3. The SMILES string of the molecule is CCc1noc2cc(Nc3n[nH]c4nccnc34)ccc12. The molecule has 3 heterocycles. The maximum Gasteiger partial charge on any atom is 0.180 e. The first kappa shape index (κ1) is 11.8. The molecule has 0 unspecified atom stereocenters. The highest BCUT2D eigenvalue weighted by Crippen LogP contribution is 2.26. The summed E-state index contributed by atoms with van der Waals surface area (Å²) in [7, 11) is 0. The summed E-state index contributed by atoms with van der Waals surface area (Å²) in [4.78, 5) is 8.42. The van der Waals surface area contributed by atoms with Crippen LogP contribution >= 0.6 is 0 Å². The fourth-order valence-corrected chi connectivity index (χ4v) is 2.30. The third kappa shape index (κ3) is 1.90. The van der Waals surface area contributed by atoms with Crippen LogP contribution in [0.15, 0.2) is 35.1 Å². The highest BCUT2D eigenvalue weighted by atomic mass is 16.5. The number of fused-ring (bicyclic) bond motifs is 2. The van der Waals surface area contributed by atoms with Crippen LogP contribution in [-0.4, -0.2) is 25.3 Å². The van der Waals surface area contributed by atoms with Gasteiger partial charge in [0.05, 0.1) is 5.69 Å². The van der Waals surface area contributed by atoms with Gasteiger partial charge >= 0.3 is 0 Å². The number of nitrogens with one attached hydrogen (secondary N) is 2. The molecule has 0 aliphatic carbocycles. The molecule has 0 spiro atoms. The summed E-state index contributed by atoms with van der Waals surface area (Å²) in [6.45, 7) is 2.05. The van der Waals surface area contributed by atoms with E-state index in [9.17, 15) is 0 Å². The van der Waals surface area contributed by atoms with Crippen LogP contribution in [0.3, 0.4) is 0 Å². The fourth-order valence-electron chi connectivity index (χ4n) is 2.30. The number of H-pyrrole nitrogens is 1. The van der Waals surface area contributed by atoms with E-state index in [-0.39, 0.29) is 0 Å². The van der Waals surface area contributed by atoms with Crippen LogP contribution in [0.25, 0.3) is 22.1 Å². The van der Waals surface area contributed by atoms with Crippen LogP contribution in [0.1, 0.15) is 12.6 Å². The lowest BCUT2D eigenvalue weighted by Gasteiger charge is -2.02. The van der Waals surface area contributed by atoms with Crippen LogP contribution in [0.4, 0.5) is 11.5 Å². The number of aryl methyl sites for hydroxylation is 1. The highest BCUT2D eigenvalue weighted by molar-refractivity contribution is 5.88. The minimum absolute atomic E-state index is 0.632. The number of aromatic nitrogens is 5. The molecule has 7 heteroatoms. The van der Waals surface area contributed by atoms with Crippen molar-refractivity contribution in [1.29, 1.82) is 0 Å². The van der Waals surface area contributed by atoms with E-state index in [0.717, 1.165) is 28.8 Å². The van der Waals surface area contributed by atoms with Crippen molar-refractivity contribution >= 4 is 33.6 Å². The Balaban J connectivity index is 1.73. The third-order valence-corrected chi connectivity index (χ3v) is 3.34. The monoisotopic (exact) mass is 280 g/mol. The van der Waals surface area contributed by atoms with E-state index >= 15 is 0 Å². The summed E-state index contributed by atoms with van der Waals surface area (Å²) < 4.78 is 5.34. The molecule has 0 fully saturated rings. The van der Waals surface area contributed by atoms with E-state index in [1.54, 1.807) is 12.4 Å². The molecule has 0 aliphatic rings. The summed E-state index contributed by atoms with van der Waals surface area (Å²) in [6.07, 6.45) is 4.10. The summed E-state index contributed by atoms with van der Waals surface area (Å²) in [5.74, 6) is 0.632. The van der Waals surface area contributed by atoms with Gasteiger partial charge in [0.15, 0.2) is 22.6 Å². The predicted molar refractivity (Wildman–Crippen MR) is 78.4 cm³/mol. The van der Waals surface area contributed by atoms with Crippen LogP contribution in [0, 0.1) is 0 Å². The largest absolute Gasteiger partial charge is 0.356 e. The molecule has 7 nitrogen and oxygen atoms in total. The van der Waals surface area contributed by atoms with Gasteiger partial charge in [-0.15, -0.1) is 0 Å². The van der Waals surface area contributed by atoms with Gasteiger partial charge in [-0.2, -0.15) is 5.10 Å². The number of anilines is 2. The first-order valence-electron chi connectivity index (χ1n) is 6.65. The van der Waals surface area contributed by atoms with Gasteiger partial charge in [0, 0.05) is 29.5 Å². The zero-order chi connectivity index (χ0) is 14.2. The Morgan fingerprint density at radius 1 is 1.24 bits per heavy atom. The van der Waals surface area contributed by atoms with Gasteiger partial charge in [-0.1, -0.05) is 12.1 Å². The summed E-state index contributed by atoms with van der Waals surface area (Å²) >= 11 is 0. The zero-order valence-corrected chi connectivity index (χ0v) is 11.3. The van der Waals surface area contributed by atoms with Crippen LogP contribution in [-0.2, 0) is 6.42 Å². The molecule has 0 saturated carbocycles. The Labute approximate surface area is 119 Å². The zero-order valence-electron chi connectivity index (χ0n) is 11.3. The molecule has 3 aromatic heterocycles. The Bertz CT molecular complexity index is 925. The number of hydrogen-bond donors (Lipinski definition) is 2. The molecule has 104 valence electrons. The second-order valence-electron chi connectivity index (χ2n) is 4.64. The minimum atomic E-state index is 0.632. The van der Waals surface area contributed by atoms with Crippen molar-refractivity contribution in [2.24, 2.45) is 0 Å². The van der Waals surface area contributed by atoms with Gasteiger partial charge in [-0.25, -0.2) is 9.97 Å². The number of nitrogens with zero attached hydrogens (tertiary/aromatic N) is 4. The molecule has 4 rings (SSSR count). The van der Waals surface area contributed by atoms with E-state index in [4.69, 9.17) is 4.52 Å².